The zero-order chi connectivity index (χ0) is 10.8. The van der Waals surface area contributed by atoms with Gasteiger partial charge in [-0.2, -0.15) is 0 Å². The fourth-order valence-corrected chi connectivity index (χ4v) is 3.67. The largest absolute Gasteiger partial charge is 0.273 e. The molecule has 0 saturated heterocycles. The number of hydrogen-bond acceptors (Lipinski definition) is 2. The maximum atomic E-state index is 4.79. The van der Waals surface area contributed by atoms with Gasteiger partial charge in [0.2, 0.25) is 0 Å². The van der Waals surface area contributed by atoms with E-state index in [1.807, 2.05) is 11.8 Å². The summed E-state index contributed by atoms with van der Waals surface area (Å²) in [6, 6.07) is 8.97. The lowest BCUT2D eigenvalue weighted by atomic mass is 10.1. The Bertz CT molecular complexity index is 387. The van der Waals surface area contributed by atoms with Gasteiger partial charge in [-0.25, -0.2) is 0 Å². The van der Waals surface area contributed by atoms with Crippen LogP contribution in [-0.4, -0.2) is 16.8 Å². The van der Waals surface area contributed by atoms with Gasteiger partial charge in [0.05, 0.1) is 11.1 Å². The van der Waals surface area contributed by atoms with E-state index in [0.29, 0.717) is 12.0 Å². The second kappa shape index (κ2) is 4.87. The van der Waals surface area contributed by atoms with Crippen LogP contribution in [-0.2, 0) is 0 Å². The van der Waals surface area contributed by atoms with Crippen molar-refractivity contribution in [2.24, 2.45) is 10.9 Å². The Morgan fingerprint density at radius 2 is 2.13 bits per heavy atom. The molecule has 0 saturated carbocycles. The normalized spacial score (nSPS) is 20.8. The first-order valence-corrected chi connectivity index (χ1v) is 7.20. The molecule has 0 aliphatic carbocycles. The Morgan fingerprint density at radius 3 is 2.73 bits per heavy atom. The number of thioether (sulfide) groups is 1. The monoisotopic (exact) mass is 331 g/mol. The first-order chi connectivity index (χ1) is 7.18. The van der Waals surface area contributed by atoms with Gasteiger partial charge in [0.1, 0.15) is 0 Å². The van der Waals surface area contributed by atoms with Gasteiger partial charge in [-0.05, 0) is 34.6 Å². The summed E-state index contributed by atoms with van der Waals surface area (Å²) in [4.78, 5) is 4.79. The van der Waals surface area contributed by atoms with Crippen LogP contribution in [0.3, 0.4) is 0 Å². The summed E-state index contributed by atoms with van der Waals surface area (Å²) in [5.41, 5.74) is 1.30. The lowest BCUT2D eigenvalue weighted by Crippen LogP contribution is -2.11. The van der Waals surface area contributed by atoms with E-state index in [2.05, 4.69) is 60.7 Å². The van der Waals surface area contributed by atoms with Gasteiger partial charge in [-0.15, -0.1) is 11.8 Å². The van der Waals surface area contributed by atoms with Crippen LogP contribution in [0.5, 0.6) is 0 Å². The third kappa shape index (κ3) is 2.56. The molecule has 0 spiro atoms. The van der Waals surface area contributed by atoms with Crippen molar-refractivity contribution in [3.63, 3.8) is 0 Å². The quantitative estimate of drug-likeness (QED) is 0.751. The Hall–Kier alpha value is -0.0300. The molecule has 1 aromatic rings. The van der Waals surface area contributed by atoms with Crippen molar-refractivity contribution < 1.29 is 0 Å². The molecule has 1 heterocycles. The highest BCUT2D eigenvalue weighted by atomic mass is 127. The van der Waals surface area contributed by atoms with Crippen LogP contribution >= 0.6 is 34.4 Å². The van der Waals surface area contributed by atoms with Gasteiger partial charge in [-0.3, -0.25) is 4.99 Å². The predicted octanol–water partition coefficient (Wildman–Crippen LogP) is 3.81. The van der Waals surface area contributed by atoms with E-state index in [1.165, 1.54) is 14.2 Å². The molecule has 1 atom stereocenters. The summed E-state index contributed by atoms with van der Waals surface area (Å²) in [5, 5.41) is 1.22. The summed E-state index contributed by atoms with van der Waals surface area (Å²) in [5.74, 6) is 1.79. The fourth-order valence-electron chi connectivity index (χ4n) is 1.51. The zero-order valence-corrected chi connectivity index (χ0v) is 11.9. The first kappa shape index (κ1) is 11.5. The van der Waals surface area contributed by atoms with Crippen molar-refractivity contribution in [1.82, 2.24) is 0 Å². The average molecular weight is 331 g/mol. The highest BCUT2D eigenvalue weighted by Crippen LogP contribution is 2.28. The molecule has 0 radical (unpaired) electrons. The number of aliphatic imine (C=N–C) groups is 1. The smallest absolute Gasteiger partial charge is 0.0992 e. The molecule has 0 amide bonds. The van der Waals surface area contributed by atoms with Crippen molar-refractivity contribution >= 4 is 39.4 Å². The van der Waals surface area contributed by atoms with E-state index >= 15 is 0 Å². The van der Waals surface area contributed by atoms with Crippen LogP contribution in [0, 0.1) is 9.49 Å². The molecule has 15 heavy (non-hydrogen) atoms. The summed E-state index contributed by atoms with van der Waals surface area (Å²) in [6.45, 7) is 4.49. The highest BCUT2D eigenvalue weighted by molar-refractivity contribution is 14.1. The van der Waals surface area contributed by atoms with Gasteiger partial charge in [-0.1, -0.05) is 32.0 Å². The van der Waals surface area contributed by atoms with Crippen LogP contribution in [0.15, 0.2) is 29.3 Å². The molecular formula is C12H14INS. The second-order valence-electron chi connectivity index (χ2n) is 4.04. The minimum Gasteiger partial charge on any atom is -0.273 e. The molecule has 0 unspecified atom stereocenters. The Morgan fingerprint density at radius 1 is 1.40 bits per heavy atom. The third-order valence-electron chi connectivity index (χ3n) is 2.55. The molecule has 1 aromatic carbocycles. The third-order valence-corrected chi connectivity index (χ3v) is 4.60. The van der Waals surface area contributed by atoms with Crippen molar-refractivity contribution in [2.45, 2.75) is 19.9 Å². The van der Waals surface area contributed by atoms with Gasteiger partial charge in [0.25, 0.3) is 0 Å². The summed E-state index contributed by atoms with van der Waals surface area (Å²) in [7, 11) is 0. The molecule has 1 nitrogen and oxygen atoms in total. The van der Waals surface area contributed by atoms with Gasteiger partial charge < -0.3 is 0 Å². The SMILES string of the molecule is CC(C)[C@H]1CSC(c2ccccc2I)=N1. The van der Waals surface area contributed by atoms with Crippen LogP contribution in [0.4, 0.5) is 0 Å². The van der Waals surface area contributed by atoms with E-state index in [9.17, 15) is 0 Å². The lowest BCUT2D eigenvalue weighted by Gasteiger charge is -2.08. The van der Waals surface area contributed by atoms with Crippen molar-refractivity contribution in [3.05, 3.63) is 33.4 Å². The molecule has 3 heteroatoms. The van der Waals surface area contributed by atoms with Crippen LogP contribution < -0.4 is 0 Å². The minimum atomic E-state index is 0.501. The Kier molecular flexibility index (Phi) is 3.72. The second-order valence-corrected chi connectivity index (χ2v) is 6.21. The van der Waals surface area contributed by atoms with Gasteiger partial charge in [0, 0.05) is 14.9 Å². The average Bonchev–Trinajstić information content (AvgIpc) is 2.67. The van der Waals surface area contributed by atoms with E-state index < -0.39 is 0 Å². The molecule has 80 valence electrons. The zero-order valence-electron chi connectivity index (χ0n) is 8.90. The first-order valence-electron chi connectivity index (χ1n) is 5.14. The van der Waals surface area contributed by atoms with Crippen molar-refractivity contribution in [3.8, 4) is 0 Å². The van der Waals surface area contributed by atoms with Crippen molar-refractivity contribution in [1.29, 1.82) is 0 Å². The van der Waals surface area contributed by atoms with Gasteiger partial charge >= 0.3 is 0 Å². The van der Waals surface area contributed by atoms with Crippen LogP contribution in [0.2, 0.25) is 0 Å². The Labute approximate surface area is 109 Å². The molecular weight excluding hydrogens is 317 g/mol. The number of hydrogen-bond donors (Lipinski definition) is 0. The van der Waals surface area contributed by atoms with E-state index in [4.69, 9.17) is 4.99 Å². The number of rotatable bonds is 2. The molecule has 0 aromatic heterocycles. The van der Waals surface area contributed by atoms with Crippen LogP contribution in [0.25, 0.3) is 0 Å². The summed E-state index contributed by atoms with van der Waals surface area (Å²) >= 11 is 4.27. The molecule has 1 aliphatic heterocycles. The molecule has 0 fully saturated rings. The van der Waals surface area contributed by atoms with E-state index in [0.717, 1.165) is 5.75 Å². The molecule has 2 rings (SSSR count). The van der Waals surface area contributed by atoms with E-state index in [1.54, 1.807) is 0 Å². The highest BCUT2D eigenvalue weighted by Gasteiger charge is 2.22. The topological polar surface area (TPSA) is 12.4 Å². The van der Waals surface area contributed by atoms with Gasteiger partial charge in [0.15, 0.2) is 0 Å². The number of halogens is 1. The lowest BCUT2D eigenvalue weighted by molar-refractivity contribution is 0.544. The maximum Gasteiger partial charge on any atom is 0.0992 e. The summed E-state index contributed by atoms with van der Waals surface area (Å²) < 4.78 is 1.30. The minimum absolute atomic E-state index is 0.501. The summed E-state index contributed by atoms with van der Waals surface area (Å²) in [6.07, 6.45) is 0. The molecule has 0 bridgehead atoms. The predicted molar refractivity (Wildman–Crippen MR) is 76.8 cm³/mol. The molecule has 0 N–H and O–H groups in total. The number of benzene rings is 1. The van der Waals surface area contributed by atoms with Crippen LogP contribution in [0.1, 0.15) is 19.4 Å². The number of nitrogens with zero attached hydrogens (tertiary/aromatic N) is 1. The Balaban J connectivity index is 2.27. The molecule has 1 aliphatic rings. The standard InChI is InChI=1S/C12H14INS/c1-8(2)11-7-15-12(14-11)9-5-3-4-6-10(9)13/h3-6,8,11H,7H2,1-2H3/t11-/m1/s1. The maximum absolute atomic E-state index is 4.79. The fraction of sp³-hybridized carbons (Fsp3) is 0.417. The van der Waals surface area contributed by atoms with Crippen molar-refractivity contribution in [2.75, 3.05) is 5.75 Å². The van der Waals surface area contributed by atoms with E-state index in [-0.39, 0.29) is 0 Å².